The third-order valence-corrected chi connectivity index (χ3v) is 4.99. The maximum absolute atomic E-state index is 12.6. The SMILES string of the molecule is CCOc1ccc(-c2nc(NC(=O)c3ccc(OC)c(OC)c3)sc2C)cc1. The fourth-order valence-electron chi connectivity index (χ4n) is 2.74. The van der Waals surface area contributed by atoms with Gasteiger partial charge in [-0.15, -0.1) is 11.3 Å². The highest BCUT2D eigenvalue weighted by molar-refractivity contribution is 7.16. The molecule has 0 radical (unpaired) electrons. The van der Waals surface area contributed by atoms with E-state index in [1.807, 2.05) is 38.1 Å². The Morgan fingerprint density at radius 2 is 1.79 bits per heavy atom. The molecule has 2 aromatic carbocycles. The third kappa shape index (κ3) is 4.26. The molecule has 0 saturated heterocycles. The van der Waals surface area contributed by atoms with Crippen molar-refractivity contribution in [3.05, 3.63) is 52.9 Å². The number of benzene rings is 2. The zero-order valence-corrected chi connectivity index (χ0v) is 17.1. The van der Waals surface area contributed by atoms with Crippen LogP contribution in [0, 0.1) is 6.92 Å². The first-order chi connectivity index (χ1) is 13.5. The summed E-state index contributed by atoms with van der Waals surface area (Å²) in [6, 6.07) is 12.8. The minimum absolute atomic E-state index is 0.257. The first-order valence-corrected chi connectivity index (χ1v) is 9.61. The van der Waals surface area contributed by atoms with Crippen molar-refractivity contribution >= 4 is 22.4 Å². The second kappa shape index (κ2) is 8.75. The van der Waals surface area contributed by atoms with Gasteiger partial charge in [-0.2, -0.15) is 0 Å². The maximum atomic E-state index is 12.6. The number of nitrogens with zero attached hydrogens (tertiary/aromatic N) is 1. The molecule has 0 aliphatic carbocycles. The third-order valence-electron chi connectivity index (χ3n) is 4.10. The molecule has 1 amide bonds. The van der Waals surface area contributed by atoms with Crippen molar-refractivity contribution in [1.29, 1.82) is 0 Å². The molecule has 0 unspecified atom stereocenters. The Kier molecular flexibility index (Phi) is 6.16. The van der Waals surface area contributed by atoms with Crippen molar-refractivity contribution in [2.45, 2.75) is 13.8 Å². The molecule has 3 aromatic rings. The topological polar surface area (TPSA) is 69.7 Å². The summed E-state index contributed by atoms with van der Waals surface area (Å²) in [6.07, 6.45) is 0. The number of aromatic nitrogens is 1. The monoisotopic (exact) mass is 398 g/mol. The number of amides is 1. The predicted octanol–water partition coefficient (Wildman–Crippen LogP) is 4.79. The Morgan fingerprint density at radius 3 is 2.43 bits per heavy atom. The number of rotatable bonds is 7. The molecule has 0 atom stereocenters. The van der Waals surface area contributed by atoms with E-state index in [9.17, 15) is 4.79 Å². The number of carbonyl (C=O) groups is 1. The number of hydrogen-bond acceptors (Lipinski definition) is 6. The second-order valence-electron chi connectivity index (χ2n) is 5.91. The van der Waals surface area contributed by atoms with Gasteiger partial charge in [-0.05, 0) is 56.3 Å². The molecule has 0 aliphatic rings. The van der Waals surface area contributed by atoms with Crippen LogP contribution in [0.15, 0.2) is 42.5 Å². The molecule has 28 heavy (non-hydrogen) atoms. The van der Waals surface area contributed by atoms with Crippen molar-refractivity contribution in [2.75, 3.05) is 26.1 Å². The minimum atomic E-state index is -0.257. The van der Waals surface area contributed by atoms with Gasteiger partial charge in [-0.25, -0.2) is 4.98 Å². The van der Waals surface area contributed by atoms with Gasteiger partial charge in [0.25, 0.3) is 5.91 Å². The molecule has 0 spiro atoms. The van der Waals surface area contributed by atoms with Crippen molar-refractivity contribution in [3.63, 3.8) is 0 Å². The number of methoxy groups -OCH3 is 2. The van der Waals surface area contributed by atoms with E-state index in [4.69, 9.17) is 14.2 Å². The van der Waals surface area contributed by atoms with Crippen LogP contribution in [0.1, 0.15) is 22.2 Å². The molecule has 1 aromatic heterocycles. The average Bonchev–Trinajstić information content (AvgIpc) is 3.08. The lowest BCUT2D eigenvalue weighted by molar-refractivity contribution is 0.102. The zero-order chi connectivity index (χ0) is 20.1. The van der Waals surface area contributed by atoms with Crippen LogP contribution in [-0.4, -0.2) is 31.7 Å². The van der Waals surface area contributed by atoms with Crippen molar-refractivity contribution in [1.82, 2.24) is 4.98 Å². The molecular weight excluding hydrogens is 376 g/mol. The largest absolute Gasteiger partial charge is 0.494 e. The Morgan fingerprint density at radius 1 is 1.07 bits per heavy atom. The molecule has 0 fully saturated rings. The molecule has 146 valence electrons. The summed E-state index contributed by atoms with van der Waals surface area (Å²) < 4.78 is 15.9. The molecule has 0 aliphatic heterocycles. The summed E-state index contributed by atoms with van der Waals surface area (Å²) in [6.45, 7) is 4.56. The summed E-state index contributed by atoms with van der Waals surface area (Å²) in [5.41, 5.74) is 2.28. The van der Waals surface area contributed by atoms with Crippen LogP contribution in [0.25, 0.3) is 11.3 Å². The summed E-state index contributed by atoms with van der Waals surface area (Å²) in [5.74, 6) is 1.64. The van der Waals surface area contributed by atoms with Gasteiger partial charge >= 0.3 is 0 Å². The molecule has 1 heterocycles. The van der Waals surface area contributed by atoms with Crippen LogP contribution < -0.4 is 19.5 Å². The quantitative estimate of drug-likeness (QED) is 0.620. The van der Waals surface area contributed by atoms with Gasteiger partial charge in [0.2, 0.25) is 0 Å². The van der Waals surface area contributed by atoms with E-state index in [0.29, 0.717) is 28.8 Å². The summed E-state index contributed by atoms with van der Waals surface area (Å²) >= 11 is 1.43. The highest BCUT2D eigenvalue weighted by Gasteiger charge is 2.15. The van der Waals surface area contributed by atoms with E-state index in [1.54, 1.807) is 25.3 Å². The van der Waals surface area contributed by atoms with E-state index in [1.165, 1.54) is 18.4 Å². The van der Waals surface area contributed by atoms with Crippen LogP contribution in [0.2, 0.25) is 0 Å². The average molecular weight is 398 g/mol. The molecule has 6 nitrogen and oxygen atoms in total. The van der Waals surface area contributed by atoms with E-state index in [2.05, 4.69) is 10.3 Å². The number of ether oxygens (including phenoxy) is 3. The number of carbonyl (C=O) groups excluding carboxylic acids is 1. The highest BCUT2D eigenvalue weighted by atomic mass is 32.1. The van der Waals surface area contributed by atoms with Crippen LogP contribution in [0.4, 0.5) is 5.13 Å². The molecule has 0 bridgehead atoms. The lowest BCUT2D eigenvalue weighted by atomic mass is 10.1. The Labute approximate surface area is 168 Å². The summed E-state index contributed by atoms with van der Waals surface area (Å²) in [4.78, 5) is 18.2. The predicted molar refractivity (Wildman–Crippen MR) is 111 cm³/mol. The normalized spacial score (nSPS) is 10.4. The number of hydrogen-bond donors (Lipinski definition) is 1. The van der Waals surface area contributed by atoms with Crippen LogP contribution in [0.5, 0.6) is 17.2 Å². The van der Waals surface area contributed by atoms with Gasteiger partial charge in [0.15, 0.2) is 16.6 Å². The smallest absolute Gasteiger partial charge is 0.257 e. The van der Waals surface area contributed by atoms with Crippen molar-refractivity contribution in [2.24, 2.45) is 0 Å². The van der Waals surface area contributed by atoms with E-state index in [-0.39, 0.29) is 5.91 Å². The van der Waals surface area contributed by atoms with Crippen LogP contribution in [0.3, 0.4) is 0 Å². The Balaban J connectivity index is 1.78. The molecule has 7 heteroatoms. The molecule has 3 rings (SSSR count). The molecule has 1 N–H and O–H groups in total. The lowest BCUT2D eigenvalue weighted by Crippen LogP contribution is -2.12. The Bertz CT molecular complexity index is 967. The minimum Gasteiger partial charge on any atom is -0.494 e. The van der Waals surface area contributed by atoms with Crippen LogP contribution >= 0.6 is 11.3 Å². The first kappa shape index (κ1) is 19.7. The van der Waals surface area contributed by atoms with Crippen molar-refractivity contribution in [3.8, 4) is 28.5 Å². The first-order valence-electron chi connectivity index (χ1n) is 8.79. The van der Waals surface area contributed by atoms with Crippen LogP contribution in [-0.2, 0) is 0 Å². The fourth-order valence-corrected chi connectivity index (χ4v) is 3.57. The fraction of sp³-hybridized carbons (Fsp3) is 0.238. The zero-order valence-electron chi connectivity index (χ0n) is 16.2. The van der Waals surface area contributed by atoms with Gasteiger partial charge in [0, 0.05) is 16.0 Å². The highest BCUT2D eigenvalue weighted by Crippen LogP contribution is 2.32. The number of nitrogens with one attached hydrogen (secondary N) is 1. The van der Waals surface area contributed by atoms with Gasteiger partial charge in [0.05, 0.1) is 26.5 Å². The van der Waals surface area contributed by atoms with E-state index < -0.39 is 0 Å². The number of aryl methyl sites for hydroxylation is 1. The Hall–Kier alpha value is -3.06. The van der Waals surface area contributed by atoms with Gasteiger partial charge in [-0.3, -0.25) is 10.1 Å². The molecule has 0 saturated carbocycles. The van der Waals surface area contributed by atoms with Gasteiger partial charge in [0.1, 0.15) is 5.75 Å². The maximum Gasteiger partial charge on any atom is 0.257 e. The standard InChI is InChI=1S/C21H22N2O4S/c1-5-27-16-9-6-14(7-10-16)19-13(2)28-21(22-19)23-20(24)15-8-11-17(25-3)18(12-15)26-4/h6-12H,5H2,1-4H3,(H,22,23,24). The van der Waals surface area contributed by atoms with Gasteiger partial charge < -0.3 is 14.2 Å². The van der Waals surface area contributed by atoms with E-state index in [0.717, 1.165) is 21.9 Å². The van der Waals surface area contributed by atoms with Gasteiger partial charge in [-0.1, -0.05) is 0 Å². The second-order valence-corrected chi connectivity index (χ2v) is 7.11. The van der Waals surface area contributed by atoms with E-state index >= 15 is 0 Å². The lowest BCUT2D eigenvalue weighted by Gasteiger charge is -2.09. The van der Waals surface area contributed by atoms with Crippen molar-refractivity contribution < 1.29 is 19.0 Å². The number of thiazole rings is 1. The number of anilines is 1. The summed E-state index contributed by atoms with van der Waals surface area (Å²) in [5, 5.41) is 3.40. The molecular formula is C21H22N2O4S. The summed E-state index contributed by atoms with van der Waals surface area (Å²) in [7, 11) is 3.09.